The quantitative estimate of drug-likeness (QED) is 0.514. The first kappa shape index (κ1) is 20.6. The molecule has 148 valence electrons. The summed E-state index contributed by atoms with van der Waals surface area (Å²) in [6.45, 7) is 0. The van der Waals surface area contributed by atoms with Gasteiger partial charge in [-0.05, 0) is 60.2 Å². The molecule has 3 aromatic carbocycles. The molecule has 3 aromatic rings. The summed E-state index contributed by atoms with van der Waals surface area (Å²) < 4.78 is 19.2. The maximum Gasteiger partial charge on any atom is 0.307 e. The molecule has 0 radical (unpaired) electrons. The van der Waals surface area contributed by atoms with Crippen LogP contribution in [0.3, 0.4) is 0 Å². The lowest BCUT2D eigenvalue weighted by Crippen LogP contribution is -2.12. The summed E-state index contributed by atoms with van der Waals surface area (Å²) in [5.74, 6) is -1.27. The van der Waals surface area contributed by atoms with Crippen LogP contribution in [0, 0.1) is 5.82 Å². The molecule has 0 unspecified atom stereocenters. The fraction of sp³-hybridized carbons (Fsp3) is 0.0476. The van der Waals surface area contributed by atoms with Crippen molar-refractivity contribution in [1.29, 1.82) is 0 Å². The van der Waals surface area contributed by atoms with Crippen molar-refractivity contribution >= 4 is 40.8 Å². The van der Waals surface area contributed by atoms with Crippen molar-refractivity contribution in [3.05, 3.63) is 87.7 Å². The van der Waals surface area contributed by atoms with Crippen molar-refractivity contribution in [3.63, 3.8) is 0 Å². The molecule has 0 atom stereocenters. The zero-order valence-corrected chi connectivity index (χ0v) is 16.3. The summed E-state index contributed by atoms with van der Waals surface area (Å²) in [6, 6.07) is 15.0. The molecule has 0 aliphatic carbocycles. The zero-order valence-electron chi connectivity index (χ0n) is 14.8. The van der Waals surface area contributed by atoms with Crippen LogP contribution in [-0.4, -0.2) is 17.0 Å². The molecule has 0 heterocycles. The van der Waals surface area contributed by atoms with E-state index in [2.05, 4.69) is 5.32 Å². The summed E-state index contributed by atoms with van der Waals surface area (Å²) in [7, 11) is 0. The molecule has 0 aliphatic heterocycles. The number of rotatable bonds is 6. The highest BCUT2D eigenvalue weighted by Gasteiger charge is 2.10. The molecule has 5 nitrogen and oxygen atoms in total. The van der Waals surface area contributed by atoms with Gasteiger partial charge in [0.1, 0.15) is 17.3 Å². The van der Waals surface area contributed by atoms with Gasteiger partial charge in [-0.2, -0.15) is 0 Å². The van der Waals surface area contributed by atoms with E-state index in [1.807, 2.05) is 0 Å². The Bertz CT molecular complexity index is 1070. The van der Waals surface area contributed by atoms with Crippen LogP contribution in [0.4, 0.5) is 10.1 Å². The first-order valence-electron chi connectivity index (χ1n) is 8.36. The van der Waals surface area contributed by atoms with Crippen LogP contribution in [0.15, 0.2) is 60.7 Å². The van der Waals surface area contributed by atoms with Gasteiger partial charge in [-0.25, -0.2) is 4.39 Å². The molecular weight excluding hydrogens is 420 g/mol. The van der Waals surface area contributed by atoms with Gasteiger partial charge >= 0.3 is 5.97 Å². The maximum absolute atomic E-state index is 13.5. The van der Waals surface area contributed by atoms with E-state index in [9.17, 15) is 14.0 Å². The molecule has 0 fully saturated rings. The number of aliphatic carboxylic acids is 1. The maximum atomic E-state index is 13.5. The number of nitrogens with one attached hydrogen (secondary N) is 1. The van der Waals surface area contributed by atoms with Crippen LogP contribution in [0.2, 0.25) is 10.0 Å². The van der Waals surface area contributed by atoms with E-state index >= 15 is 0 Å². The Morgan fingerprint density at radius 3 is 2.31 bits per heavy atom. The van der Waals surface area contributed by atoms with Gasteiger partial charge in [-0.15, -0.1) is 0 Å². The number of carbonyl (C=O) groups is 2. The molecule has 0 saturated carbocycles. The number of carboxylic acids is 1. The number of anilines is 1. The highest BCUT2D eigenvalue weighted by molar-refractivity contribution is 6.32. The first-order valence-corrected chi connectivity index (χ1v) is 9.12. The van der Waals surface area contributed by atoms with Gasteiger partial charge in [0.2, 0.25) is 0 Å². The monoisotopic (exact) mass is 433 g/mol. The minimum absolute atomic E-state index is 0.0577. The van der Waals surface area contributed by atoms with Crippen LogP contribution >= 0.6 is 23.2 Å². The van der Waals surface area contributed by atoms with Gasteiger partial charge in [0.25, 0.3) is 5.91 Å². The molecular formula is C21H14Cl2FNO4. The Morgan fingerprint density at radius 2 is 1.69 bits per heavy atom. The van der Waals surface area contributed by atoms with Gasteiger partial charge in [-0.1, -0.05) is 29.3 Å². The lowest BCUT2D eigenvalue weighted by Gasteiger charge is -2.10. The van der Waals surface area contributed by atoms with Crippen molar-refractivity contribution in [1.82, 2.24) is 0 Å². The summed E-state index contributed by atoms with van der Waals surface area (Å²) in [6.07, 6.45) is -0.133. The number of ether oxygens (including phenoxy) is 1. The van der Waals surface area contributed by atoms with Crippen LogP contribution in [0.25, 0.3) is 0 Å². The van der Waals surface area contributed by atoms with Crippen molar-refractivity contribution in [3.8, 4) is 11.5 Å². The Kier molecular flexibility index (Phi) is 6.36. The fourth-order valence-corrected chi connectivity index (χ4v) is 2.84. The molecule has 3 rings (SSSR count). The number of carbonyl (C=O) groups excluding carboxylic acids is 1. The third-order valence-electron chi connectivity index (χ3n) is 3.87. The van der Waals surface area contributed by atoms with Crippen molar-refractivity contribution in [2.45, 2.75) is 6.42 Å². The van der Waals surface area contributed by atoms with E-state index in [1.54, 1.807) is 36.4 Å². The lowest BCUT2D eigenvalue weighted by atomic mass is 10.1. The third kappa shape index (κ3) is 5.47. The van der Waals surface area contributed by atoms with Crippen molar-refractivity contribution in [2.75, 3.05) is 5.32 Å². The second kappa shape index (κ2) is 8.94. The smallest absolute Gasteiger partial charge is 0.307 e. The molecule has 2 N–H and O–H groups in total. The number of benzene rings is 3. The van der Waals surface area contributed by atoms with E-state index in [-0.39, 0.29) is 22.0 Å². The molecule has 29 heavy (non-hydrogen) atoms. The largest absolute Gasteiger partial charge is 0.481 e. The molecule has 0 aliphatic rings. The van der Waals surface area contributed by atoms with E-state index < -0.39 is 17.7 Å². The second-order valence-electron chi connectivity index (χ2n) is 6.04. The SMILES string of the molecule is O=C(O)Cc1ccc(Oc2ccc(NC(=O)c3ccc(Cl)c(F)c3)cc2)c(Cl)c1. The van der Waals surface area contributed by atoms with Gasteiger partial charge in [0.15, 0.2) is 0 Å². The Labute approximate surface area is 175 Å². The van der Waals surface area contributed by atoms with Gasteiger partial charge in [0, 0.05) is 11.3 Å². The van der Waals surface area contributed by atoms with Crippen LogP contribution in [0.1, 0.15) is 15.9 Å². The predicted octanol–water partition coefficient (Wildman–Crippen LogP) is 5.80. The van der Waals surface area contributed by atoms with Crippen LogP contribution in [-0.2, 0) is 11.2 Å². The Hall–Kier alpha value is -3.09. The van der Waals surface area contributed by atoms with Crippen molar-refractivity contribution in [2.24, 2.45) is 0 Å². The molecule has 0 saturated heterocycles. The summed E-state index contributed by atoms with van der Waals surface area (Å²) in [4.78, 5) is 23.0. The average molecular weight is 434 g/mol. The van der Waals surface area contributed by atoms with Crippen LogP contribution in [0.5, 0.6) is 11.5 Å². The molecule has 0 aromatic heterocycles. The van der Waals surface area contributed by atoms with E-state index in [1.165, 1.54) is 18.2 Å². The molecule has 1 amide bonds. The van der Waals surface area contributed by atoms with Gasteiger partial charge in [0.05, 0.1) is 16.5 Å². The highest BCUT2D eigenvalue weighted by Crippen LogP contribution is 2.31. The van der Waals surface area contributed by atoms with Gasteiger partial charge in [-0.3, -0.25) is 9.59 Å². The minimum Gasteiger partial charge on any atom is -0.481 e. The standard InChI is InChI=1S/C21H14Cl2FNO4/c22-16-7-2-13(11-18(16)24)21(28)25-14-3-5-15(6-4-14)29-19-8-1-12(9-17(19)23)10-20(26)27/h1-9,11H,10H2,(H,25,28)(H,26,27). The van der Waals surface area contributed by atoms with E-state index in [4.69, 9.17) is 33.0 Å². The zero-order chi connectivity index (χ0) is 21.0. The minimum atomic E-state index is -0.950. The average Bonchev–Trinajstić information content (AvgIpc) is 2.67. The van der Waals surface area contributed by atoms with E-state index in [0.717, 1.165) is 6.07 Å². The number of hydrogen-bond donors (Lipinski definition) is 2. The molecule has 0 bridgehead atoms. The second-order valence-corrected chi connectivity index (χ2v) is 6.86. The summed E-state index contributed by atoms with van der Waals surface area (Å²) in [5.41, 5.74) is 1.19. The normalized spacial score (nSPS) is 10.4. The highest BCUT2D eigenvalue weighted by atomic mass is 35.5. The summed E-state index contributed by atoms with van der Waals surface area (Å²) in [5, 5.41) is 11.7. The predicted molar refractivity (Wildman–Crippen MR) is 109 cm³/mol. The topological polar surface area (TPSA) is 75.6 Å². The number of halogens is 3. The molecule has 0 spiro atoms. The first-order chi connectivity index (χ1) is 13.8. The fourth-order valence-electron chi connectivity index (χ4n) is 2.49. The van der Waals surface area contributed by atoms with E-state index in [0.29, 0.717) is 22.7 Å². The van der Waals surface area contributed by atoms with Gasteiger partial charge < -0.3 is 15.2 Å². The number of hydrogen-bond acceptors (Lipinski definition) is 3. The summed E-state index contributed by atoms with van der Waals surface area (Å²) >= 11 is 11.8. The lowest BCUT2D eigenvalue weighted by molar-refractivity contribution is -0.136. The Morgan fingerprint density at radius 1 is 0.966 bits per heavy atom. The third-order valence-corrected chi connectivity index (χ3v) is 4.48. The van der Waals surface area contributed by atoms with Crippen LogP contribution < -0.4 is 10.1 Å². The molecule has 8 heteroatoms. The number of carboxylic acid groups (broad SMARTS) is 1. The number of amides is 1. The Balaban J connectivity index is 1.66. The van der Waals surface area contributed by atoms with Crippen molar-refractivity contribution < 1.29 is 23.8 Å².